The number of fused-ring (bicyclic) bond motifs is 1. The molecule has 1 N–H and O–H groups in total. The number of carbonyl (C=O) groups is 1. The van der Waals surface area contributed by atoms with Crippen molar-refractivity contribution in [3.8, 4) is 0 Å². The van der Waals surface area contributed by atoms with Crippen LogP contribution in [0.2, 0.25) is 0 Å². The Kier molecular flexibility index (Phi) is 6.27. The topological polar surface area (TPSA) is 50.8 Å². The lowest BCUT2D eigenvalue weighted by Crippen LogP contribution is -2.50. The number of nitrogens with one attached hydrogen (secondary N) is 1. The molecule has 1 aliphatic carbocycles. The molecule has 6 heteroatoms. The highest BCUT2D eigenvalue weighted by Gasteiger charge is 2.29. The normalized spacial score (nSPS) is 24.0. The molecule has 2 heterocycles. The first-order valence-electron chi connectivity index (χ1n) is 8.89. The summed E-state index contributed by atoms with van der Waals surface area (Å²) < 4.78 is 11.5. The molecule has 0 spiro atoms. The number of aryl methyl sites for hydroxylation is 1. The van der Waals surface area contributed by atoms with Gasteiger partial charge in [-0.2, -0.15) is 0 Å². The maximum atomic E-state index is 12.8. The fraction of sp³-hybridized carbons (Fsp3) is 0.722. The van der Waals surface area contributed by atoms with Gasteiger partial charge in [-0.1, -0.05) is 0 Å². The van der Waals surface area contributed by atoms with Crippen LogP contribution in [0, 0.1) is 0 Å². The number of hydrogen-bond acceptors (Lipinski definition) is 5. The summed E-state index contributed by atoms with van der Waals surface area (Å²) in [6.07, 6.45) is 5.36. The molecule has 1 saturated heterocycles. The molecule has 1 amide bonds. The summed E-state index contributed by atoms with van der Waals surface area (Å²) in [7, 11) is 4.05. The Labute approximate surface area is 148 Å². The van der Waals surface area contributed by atoms with E-state index in [0.717, 1.165) is 31.4 Å². The van der Waals surface area contributed by atoms with Gasteiger partial charge < -0.3 is 19.7 Å². The van der Waals surface area contributed by atoms with Crippen LogP contribution in [0.4, 0.5) is 0 Å². The Morgan fingerprint density at radius 2 is 2.25 bits per heavy atom. The quantitative estimate of drug-likeness (QED) is 0.852. The molecule has 0 bridgehead atoms. The Morgan fingerprint density at radius 1 is 1.42 bits per heavy atom. The van der Waals surface area contributed by atoms with Gasteiger partial charge >= 0.3 is 0 Å². The smallest absolute Gasteiger partial charge is 0.252 e. The lowest BCUT2D eigenvalue weighted by Gasteiger charge is -2.32. The van der Waals surface area contributed by atoms with Gasteiger partial charge in [0, 0.05) is 23.4 Å². The van der Waals surface area contributed by atoms with Crippen molar-refractivity contribution in [1.29, 1.82) is 0 Å². The predicted octanol–water partition coefficient (Wildman–Crippen LogP) is 2.09. The summed E-state index contributed by atoms with van der Waals surface area (Å²) in [6.45, 7) is 2.76. The Hall–Kier alpha value is -0.950. The Morgan fingerprint density at radius 3 is 3.08 bits per heavy atom. The average Bonchev–Trinajstić information content (AvgIpc) is 3.00. The highest BCUT2D eigenvalue weighted by molar-refractivity contribution is 7.10. The van der Waals surface area contributed by atoms with Gasteiger partial charge in [-0.25, -0.2) is 0 Å². The van der Waals surface area contributed by atoms with Crippen LogP contribution in [0.15, 0.2) is 5.38 Å². The molecule has 0 aromatic carbocycles. The standard InChI is InChI=1S/C18H28N2O3S/c1-20(2)8-10-23-16-11-22-9-7-15(16)19-18(21)14-12-24-17-6-4-3-5-13(14)17/h12,15-16H,3-11H2,1-2H3,(H,19,21)/t15-,16-/m1/s1. The van der Waals surface area contributed by atoms with E-state index in [1.54, 1.807) is 11.3 Å². The zero-order valence-electron chi connectivity index (χ0n) is 14.7. The molecule has 2 atom stereocenters. The van der Waals surface area contributed by atoms with Crippen molar-refractivity contribution < 1.29 is 14.3 Å². The minimum absolute atomic E-state index is 0.0348. The predicted molar refractivity (Wildman–Crippen MR) is 95.9 cm³/mol. The SMILES string of the molecule is CN(C)CCO[C@@H]1COCC[C@H]1NC(=O)c1csc2c1CCCC2. The molecule has 0 radical (unpaired) electrons. The number of carbonyl (C=O) groups excluding carboxylic acids is 1. The minimum atomic E-state index is -0.0582. The van der Waals surface area contributed by atoms with Gasteiger partial charge in [-0.05, 0) is 51.8 Å². The fourth-order valence-corrected chi connectivity index (χ4v) is 4.48. The van der Waals surface area contributed by atoms with E-state index in [9.17, 15) is 4.79 Å². The van der Waals surface area contributed by atoms with Crippen LogP contribution in [0.5, 0.6) is 0 Å². The van der Waals surface area contributed by atoms with Crippen molar-refractivity contribution in [1.82, 2.24) is 10.2 Å². The lowest BCUT2D eigenvalue weighted by atomic mass is 9.95. The molecular formula is C18H28N2O3S. The molecule has 1 aliphatic heterocycles. The number of likely N-dealkylation sites (N-methyl/N-ethyl adjacent to an activating group) is 1. The Bertz CT molecular complexity index is 558. The van der Waals surface area contributed by atoms with Crippen LogP contribution in [0.1, 0.15) is 40.1 Å². The Balaban J connectivity index is 1.60. The number of amides is 1. The first kappa shape index (κ1) is 17.9. The van der Waals surface area contributed by atoms with Crippen LogP contribution in [0.3, 0.4) is 0 Å². The zero-order chi connectivity index (χ0) is 16.9. The third kappa shape index (κ3) is 4.36. The first-order valence-corrected chi connectivity index (χ1v) is 9.77. The molecule has 24 heavy (non-hydrogen) atoms. The van der Waals surface area contributed by atoms with Crippen molar-refractivity contribution >= 4 is 17.2 Å². The van der Waals surface area contributed by atoms with E-state index < -0.39 is 0 Å². The zero-order valence-corrected chi connectivity index (χ0v) is 15.5. The van der Waals surface area contributed by atoms with Crippen molar-refractivity contribution in [3.63, 3.8) is 0 Å². The lowest BCUT2D eigenvalue weighted by molar-refractivity contribution is -0.0690. The number of rotatable bonds is 6. The molecule has 134 valence electrons. The van der Waals surface area contributed by atoms with Gasteiger partial charge in [0.15, 0.2) is 0 Å². The van der Waals surface area contributed by atoms with E-state index >= 15 is 0 Å². The summed E-state index contributed by atoms with van der Waals surface area (Å²) in [6, 6.07) is 0.0348. The number of hydrogen-bond donors (Lipinski definition) is 1. The summed E-state index contributed by atoms with van der Waals surface area (Å²) in [5.74, 6) is 0.0579. The van der Waals surface area contributed by atoms with E-state index in [0.29, 0.717) is 19.8 Å². The number of nitrogens with zero attached hydrogens (tertiary/aromatic N) is 1. The molecule has 5 nitrogen and oxygen atoms in total. The number of ether oxygens (including phenoxy) is 2. The summed E-state index contributed by atoms with van der Waals surface area (Å²) in [5, 5.41) is 5.24. The largest absolute Gasteiger partial charge is 0.379 e. The van der Waals surface area contributed by atoms with Crippen LogP contribution >= 0.6 is 11.3 Å². The van der Waals surface area contributed by atoms with E-state index in [1.165, 1.54) is 23.3 Å². The maximum Gasteiger partial charge on any atom is 0.252 e. The molecule has 1 aromatic heterocycles. The minimum Gasteiger partial charge on any atom is -0.379 e. The molecule has 0 unspecified atom stereocenters. The van der Waals surface area contributed by atoms with Gasteiger partial charge in [0.2, 0.25) is 0 Å². The molecular weight excluding hydrogens is 324 g/mol. The maximum absolute atomic E-state index is 12.8. The summed E-state index contributed by atoms with van der Waals surface area (Å²) in [4.78, 5) is 16.3. The van der Waals surface area contributed by atoms with Gasteiger partial charge in [-0.3, -0.25) is 4.79 Å². The van der Waals surface area contributed by atoms with Gasteiger partial charge in [-0.15, -0.1) is 11.3 Å². The van der Waals surface area contributed by atoms with Crippen LogP contribution in [0.25, 0.3) is 0 Å². The van der Waals surface area contributed by atoms with Crippen LogP contribution in [-0.4, -0.2) is 63.4 Å². The second-order valence-corrected chi connectivity index (χ2v) is 7.88. The summed E-state index contributed by atoms with van der Waals surface area (Å²) in [5.41, 5.74) is 2.16. The fourth-order valence-electron chi connectivity index (χ4n) is 3.36. The van der Waals surface area contributed by atoms with Crippen molar-refractivity contribution in [2.75, 3.05) is 40.5 Å². The van der Waals surface area contributed by atoms with E-state index in [2.05, 4.69) is 10.2 Å². The molecule has 1 aromatic rings. The molecule has 0 saturated carbocycles. The van der Waals surface area contributed by atoms with Gasteiger partial charge in [0.25, 0.3) is 5.91 Å². The van der Waals surface area contributed by atoms with Crippen molar-refractivity contribution in [2.45, 2.75) is 44.2 Å². The van der Waals surface area contributed by atoms with E-state index in [4.69, 9.17) is 9.47 Å². The highest BCUT2D eigenvalue weighted by Crippen LogP contribution is 2.30. The van der Waals surface area contributed by atoms with Crippen molar-refractivity contribution in [3.05, 3.63) is 21.4 Å². The molecule has 2 aliphatic rings. The second kappa shape index (κ2) is 8.43. The third-order valence-electron chi connectivity index (χ3n) is 4.80. The van der Waals surface area contributed by atoms with Gasteiger partial charge in [0.05, 0.1) is 24.8 Å². The third-order valence-corrected chi connectivity index (χ3v) is 5.89. The van der Waals surface area contributed by atoms with E-state index in [1.807, 2.05) is 19.5 Å². The van der Waals surface area contributed by atoms with Gasteiger partial charge in [0.1, 0.15) is 6.10 Å². The first-order chi connectivity index (χ1) is 11.6. The van der Waals surface area contributed by atoms with Crippen molar-refractivity contribution in [2.24, 2.45) is 0 Å². The molecule has 3 rings (SSSR count). The number of thiophene rings is 1. The highest BCUT2D eigenvalue weighted by atomic mass is 32.1. The van der Waals surface area contributed by atoms with E-state index in [-0.39, 0.29) is 18.1 Å². The monoisotopic (exact) mass is 352 g/mol. The van der Waals surface area contributed by atoms with Crippen LogP contribution in [-0.2, 0) is 22.3 Å². The summed E-state index contributed by atoms with van der Waals surface area (Å²) >= 11 is 1.74. The second-order valence-electron chi connectivity index (χ2n) is 6.91. The molecule has 1 fully saturated rings. The average molecular weight is 353 g/mol. The van der Waals surface area contributed by atoms with Crippen LogP contribution < -0.4 is 5.32 Å².